The highest BCUT2D eigenvalue weighted by atomic mass is 32.2. The number of carbonyl (C=O) groups is 3. The molecule has 0 radical (unpaired) electrons. The molecule has 4 aliphatic rings. The van der Waals surface area contributed by atoms with Crippen molar-refractivity contribution in [1.82, 2.24) is 9.80 Å². The normalized spacial score (nSPS) is 31.0. The van der Waals surface area contributed by atoms with Crippen LogP contribution < -0.4 is 9.64 Å². The zero-order valence-corrected chi connectivity index (χ0v) is 24.7. The molecule has 1 N–H and O–H groups in total. The van der Waals surface area contributed by atoms with Crippen molar-refractivity contribution in [1.29, 1.82) is 0 Å². The van der Waals surface area contributed by atoms with E-state index in [9.17, 15) is 19.5 Å². The van der Waals surface area contributed by atoms with Gasteiger partial charge in [0.05, 0.1) is 35.8 Å². The number of likely N-dealkylation sites (tertiary alicyclic amines) is 1. The number of fused-ring (bicyclic) bond motifs is 2. The van der Waals surface area contributed by atoms with Gasteiger partial charge in [-0.1, -0.05) is 44.6 Å². The highest BCUT2D eigenvalue weighted by Crippen LogP contribution is 2.61. The summed E-state index contributed by atoms with van der Waals surface area (Å²) < 4.78 is 4.70. The summed E-state index contributed by atoms with van der Waals surface area (Å²) in [6.45, 7) is 9.22. The summed E-state index contributed by atoms with van der Waals surface area (Å²) in [6.07, 6.45) is 10.4. The van der Waals surface area contributed by atoms with Gasteiger partial charge in [0.15, 0.2) is 0 Å². The van der Waals surface area contributed by atoms with E-state index < -0.39 is 28.7 Å². The number of ether oxygens (including phenoxy) is 1. The van der Waals surface area contributed by atoms with Gasteiger partial charge in [-0.15, -0.1) is 11.8 Å². The molecule has 40 heavy (non-hydrogen) atoms. The summed E-state index contributed by atoms with van der Waals surface area (Å²) in [4.78, 5) is 48.4. The van der Waals surface area contributed by atoms with Gasteiger partial charge in [-0.3, -0.25) is 14.4 Å². The van der Waals surface area contributed by atoms with Crippen LogP contribution in [0.15, 0.2) is 48.6 Å². The van der Waals surface area contributed by atoms with E-state index in [0.29, 0.717) is 26.1 Å². The lowest BCUT2D eigenvalue weighted by molar-refractivity contribution is -0.146. The van der Waals surface area contributed by atoms with Crippen molar-refractivity contribution in [3.8, 4) is 5.75 Å². The SMILES string of the molecule is CCCC(C)N1CC=C[C@]23S[C@@H]4C=CCN(c5ccc(OCC)cc5)C(=O)[C@@H]4[C@H]2C(=O)N([C@@H](CC)CO)C3C1=O. The molecular formula is C31H41N3O5S. The Bertz CT molecular complexity index is 1180. The highest BCUT2D eigenvalue weighted by Gasteiger charge is 2.71. The highest BCUT2D eigenvalue weighted by molar-refractivity contribution is 8.02. The summed E-state index contributed by atoms with van der Waals surface area (Å²) in [6, 6.07) is 6.23. The van der Waals surface area contributed by atoms with Crippen LogP contribution in [0.1, 0.15) is 47.0 Å². The molecule has 3 amide bonds. The number of carbonyl (C=O) groups excluding carboxylic acids is 3. The van der Waals surface area contributed by atoms with Crippen LogP contribution in [0.5, 0.6) is 5.75 Å². The van der Waals surface area contributed by atoms with Crippen molar-refractivity contribution in [3.63, 3.8) is 0 Å². The number of aliphatic hydroxyl groups is 1. The van der Waals surface area contributed by atoms with Crippen LogP contribution in [0, 0.1) is 11.8 Å². The Balaban J connectivity index is 1.57. The second-order valence-electron chi connectivity index (χ2n) is 11.2. The molecule has 7 atom stereocenters. The fourth-order valence-electron chi connectivity index (χ4n) is 6.99. The van der Waals surface area contributed by atoms with Gasteiger partial charge in [-0.05, 0) is 51.0 Å². The van der Waals surface area contributed by atoms with E-state index in [-0.39, 0.29) is 35.6 Å². The number of hydrogen-bond acceptors (Lipinski definition) is 6. The fourth-order valence-corrected chi connectivity index (χ4v) is 8.99. The van der Waals surface area contributed by atoms with Crippen molar-refractivity contribution >= 4 is 35.2 Å². The Hall–Kier alpha value is -2.78. The van der Waals surface area contributed by atoms with Gasteiger partial charge in [-0.2, -0.15) is 0 Å². The Morgan fingerprint density at radius 2 is 1.80 bits per heavy atom. The molecule has 0 saturated carbocycles. The van der Waals surface area contributed by atoms with Gasteiger partial charge in [0, 0.05) is 30.1 Å². The van der Waals surface area contributed by atoms with Crippen molar-refractivity contribution in [2.75, 3.05) is 31.2 Å². The van der Waals surface area contributed by atoms with Crippen LogP contribution in [0.25, 0.3) is 0 Å². The molecule has 4 heterocycles. The Morgan fingerprint density at radius 1 is 1.05 bits per heavy atom. The van der Waals surface area contributed by atoms with E-state index in [1.165, 1.54) is 0 Å². The maximum Gasteiger partial charge on any atom is 0.247 e. The van der Waals surface area contributed by atoms with E-state index in [2.05, 4.69) is 13.8 Å². The number of benzene rings is 1. The molecule has 2 unspecified atom stereocenters. The summed E-state index contributed by atoms with van der Waals surface area (Å²) in [5.74, 6) is -0.985. The molecule has 1 aromatic rings. The molecule has 0 aromatic heterocycles. The average Bonchev–Trinajstić information content (AvgIpc) is 3.26. The minimum absolute atomic E-state index is 0.0241. The van der Waals surface area contributed by atoms with E-state index in [1.54, 1.807) is 21.6 Å². The zero-order valence-electron chi connectivity index (χ0n) is 23.9. The lowest BCUT2D eigenvalue weighted by Gasteiger charge is -2.39. The predicted octanol–water partition coefficient (Wildman–Crippen LogP) is 3.64. The molecule has 0 bridgehead atoms. The maximum absolute atomic E-state index is 14.4. The third kappa shape index (κ3) is 4.55. The van der Waals surface area contributed by atoms with E-state index in [4.69, 9.17) is 4.74 Å². The Kier molecular flexibility index (Phi) is 8.34. The second kappa shape index (κ2) is 11.6. The first-order valence-corrected chi connectivity index (χ1v) is 15.5. The summed E-state index contributed by atoms with van der Waals surface area (Å²) >= 11 is 1.58. The number of amides is 3. The van der Waals surface area contributed by atoms with Gasteiger partial charge >= 0.3 is 0 Å². The van der Waals surface area contributed by atoms with Gasteiger partial charge in [0.1, 0.15) is 11.8 Å². The van der Waals surface area contributed by atoms with Gasteiger partial charge < -0.3 is 24.5 Å². The van der Waals surface area contributed by atoms with Crippen molar-refractivity contribution in [2.45, 2.75) is 75.1 Å². The molecule has 1 spiro atoms. The average molecular weight is 568 g/mol. The van der Waals surface area contributed by atoms with Crippen LogP contribution in [0.2, 0.25) is 0 Å². The Labute approximate surface area is 241 Å². The van der Waals surface area contributed by atoms with E-state index in [1.807, 2.05) is 67.3 Å². The minimum Gasteiger partial charge on any atom is -0.494 e. The summed E-state index contributed by atoms with van der Waals surface area (Å²) in [5, 5.41) is 10.1. The predicted molar refractivity (Wildman–Crippen MR) is 157 cm³/mol. The first-order chi connectivity index (χ1) is 19.3. The van der Waals surface area contributed by atoms with Gasteiger partial charge in [0.2, 0.25) is 17.7 Å². The third-order valence-corrected chi connectivity index (χ3v) is 10.6. The molecule has 5 rings (SSSR count). The lowest BCUT2D eigenvalue weighted by atomic mass is 9.78. The summed E-state index contributed by atoms with van der Waals surface area (Å²) in [5.41, 5.74) is 0.748. The van der Waals surface area contributed by atoms with Gasteiger partial charge in [-0.25, -0.2) is 0 Å². The molecule has 8 nitrogen and oxygen atoms in total. The maximum atomic E-state index is 14.4. The van der Waals surface area contributed by atoms with Crippen LogP contribution in [0.3, 0.4) is 0 Å². The minimum atomic E-state index is -0.880. The first kappa shape index (κ1) is 28.7. The van der Waals surface area contributed by atoms with Crippen LogP contribution in [-0.4, -0.2) is 87.1 Å². The molecule has 4 aliphatic heterocycles. The van der Waals surface area contributed by atoms with E-state index in [0.717, 1.165) is 24.3 Å². The number of aliphatic hydroxyl groups excluding tert-OH is 1. The number of hydrogen-bond donors (Lipinski definition) is 1. The third-order valence-electron chi connectivity index (χ3n) is 8.90. The van der Waals surface area contributed by atoms with Crippen molar-refractivity contribution < 1.29 is 24.2 Å². The molecule has 1 aromatic carbocycles. The molecule has 216 valence electrons. The topological polar surface area (TPSA) is 90.4 Å². The molecule has 0 aliphatic carbocycles. The van der Waals surface area contributed by atoms with E-state index >= 15 is 0 Å². The van der Waals surface area contributed by atoms with Crippen LogP contribution >= 0.6 is 11.8 Å². The smallest absolute Gasteiger partial charge is 0.247 e. The Morgan fingerprint density at radius 3 is 2.45 bits per heavy atom. The standard InChI is InChI=1S/C31H41N3O5S/c1-5-10-20(4)32-18-9-16-31-26(29(37)34(21(6-2)19-35)27(31)30(32)38)25-24(40-31)11-8-17-33(28(25)36)22-12-14-23(15-13-22)39-7-3/h8-9,11-16,20-21,24-27,35H,5-7,10,17-19H2,1-4H3/t20?,21-,24+,25-,26-,27?,31-/m0/s1. The molecule has 9 heteroatoms. The molecule has 2 fully saturated rings. The number of anilines is 1. The largest absolute Gasteiger partial charge is 0.494 e. The number of thioether (sulfide) groups is 1. The van der Waals surface area contributed by atoms with Crippen molar-refractivity contribution in [3.05, 3.63) is 48.6 Å². The zero-order chi connectivity index (χ0) is 28.6. The first-order valence-electron chi connectivity index (χ1n) is 14.6. The quantitative estimate of drug-likeness (QED) is 0.459. The molecule has 2 saturated heterocycles. The number of nitrogens with zero attached hydrogens (tertiary/aromatic N) is 3. The van der Waals surface area contributed by atoms with Crippen molar-refractivity contribution in [2.24, 2.45) is 11.8 Å². The summed E-state index contributed by atoms with van der Waals surface area (Å²) in [7, 11) is 0. The second-order valence-corrected chi connectivity index (χ2v) is 12.7. The monoisotopic (exact) mass is 567 g/mol. The number of rotatable bonds is 9. The fraction of sp³-hybridized carbons (Fsp3) is 0.581. The van der Waals surface area contributed by atoms with Gasteiger partial charge in [0.25, 0.3) is 0 Å². The molecular weight excluding hydrogens is 526 g/mol. The van der Waals surface area contributed by atoms with Crippen LogP contribution in [-0.2, 0) is 14.4 Å². The van der Waals surface area contributed by atoms with Crippen LogP contribution in [0.4, 0.5) is 5.69 Å². The lowest BCUT2D eigenvalue weighted by Crippen LogP contribution is -2.57.